The molecule has 1 fully saturated rings. The quantitative estimate of drug-likeness (QED) is 0.907. The van der Waals surface area contributed by atoms with Crippen molar-refractivity contribution in [2.24, 2.45) is 0 Å². The number of anilines is 1. The second-order valence-electron chi connectivity index (χ2n) is 7.23. The molecule has 140 valence electrons. The first-order chi connectivity index (χ1) is 13.2. The molecule has 1 saturated heterocycles. The fourth-order valence-corrected chi connectivity index (χ4v) is 3.99. The predicted molar refractivity (Wildman–Crippen MR) is 105 cm³/mol. The molecule has 2 aromatic rings. The van der Waals surface area contributed by atoms with Crippen LogP contribution < -0.4 is 10.2 Å². The zero-order valence-corrected chi connectivity index (χ0v) is 15.4. The van der Waals surface area contributed by atoms with Crippen LogP contribution in [0.1, 0.15) is 24.0 Å². The van der Waals surface area contributed by atoms with Gasteiger partial charge >= 0.3 is 0 Å². The number of carbonyl (C=O) groups is 2. The minimum Gasteiger partial charge on any atom is -0.336 e. The van der Waals surface area contributed by atoms with Gasteiger partial charge in [-0.1, -0.05) is 48.5 Å². The minimum atomic E-state index is -0.441. The zero-order valence-electron chi connectivity index (χ0n) is 15.4. The van der Waals surface area contributed by atoms with E-state index in [4.69, 9.17) is 0 Å². The molecule has 2 amide bonds. The molecule has 0 bridgehead atoms. The zero-order chi connectivity index (χ0) is 18.6. The highest BCUT2D eigenvalue weighted by Crippen LogP contribution is 2.27. The Kier molecular flexibility index (Phi) is 5.21. The van der Waals surface area contributed by atoms with Crippen molar-refractivity contribution in [3.8, 4) is 0 Å². The number of nitrogens with zero attached hydrogens (tertiary/aromatic N) is 2. The standard InChI is InChI=1S/C22H25N3O2/c26-21(25-13-6-10-18-9-4-5-11-20(18)25)15-19-22(27)24(14-12-23-19)16-17-7-2-1-3-8-17/h1-5,7-9,11,19,23H,6,10,12-16H2. The monoisotopic (exact) mass is 363 g/mol. The molecular formula is C22H25N3O2. The molecule has 0 aromatic heterocycles. The van der Waals surface area contributed by atoms with Gasteiger partial charge in [-0.15, -0.1) is 0 Å². The summed E-state index contributed by atoms with van der Waals surface area (Å²) < 4.78 is 0. The molecule has 5 nitrogen and oxygen atoms in total. The smallest absolute Gasteiger partial charge is 0.240 e. The first kappa shape index (κ1) is 17.7. The number of piperazine rings is 1. The molecule has 2 aliphatic rings. The Hall–Kier alpha value is -2.66. The molecule has 4 rings (SSSR count). The highest BCUT2D eigenvalue weighted by Gasteiger charge is 2.32. The molecule has 5 heteroatoms. The first-order valence-corrected chi connectivity index (χ1v) is 9.67. The van der Waals surface area contributed by atoms with Crippen molar-refractivity contribution in [2.75, 3.05) is 24.5 Å². The van der Waals surface area contributed by atoms with Gasteiger partial charge in [-0.2, -0.15) is 0 Å². The van der Waals surface area contributed by atoms with Gasteiger partial charge < -0.3 is 15.1 Å². The normalized spacial score (nSPS) is 19.7. The summed E-state index contributed by atoms with van der Waals surface area (Å²) >= 11 is 0. The molecule has 2 aromatic carbocycles. The molecule has 0 spiro atoms. The van der Waals surface area contributed by atoms with Crippen LogP contribution >= 0.6 is 0 Å². The molecule has 1 unspecified atom stereocenters. The molecular weight excluding hydrogens is 338 g/mol. The number of hydrogen-bond acceptors (Lipinski definition) is 3. The van der Waals surface area contributed by atoms with Gasteiger partial charge in [0.1, 0.15) is 0 Å². The van der Waals surface area contributed by atoms with Crippen molar-refractivity contribution < 1.29 is 9.59 Å². The summed E-state index contributed by atoms with van der Waals surface area (Å²) in [6.45, 7) is 2.71. The Morgan fingerprint density at radius 1 is 1.04 bits per heavy atom. The number of nitrogens with one attached hydrogen (secondary N) is 1. The number of carbonyl (C=O) groups excluding carboxylic acids is 2. The van der Waals surface area contributed by atoms with Gasteiger partial charge in [0.05, 0.1) is 12.5 Å². The van der Waals surface area contributed by atoms with Crippen molar-refractivity contribution in [1.82, 2.24) is 10.2 Å². The van der Waals surface area contributed by atoms with E-state index in [1.807, 2.05) is 58.3 Å². The molecule has 27 heavy (non-hydrogen) atoms. The molecule has 0 saturated carbocycles. The lowest BCUT2D eigenvalue weighted by atomic mass is 10.0. The van der Waals surface area contributed by atoms with Crippen LogP contribution in [0.2, 0.25) is 0 Å². The summed E-state index contributed by atoms with van der Waals surface area (Å²) in [5.41, 5.74) is 3.33. The summed E-state index contributed by atoms with van der Waals surface area (Å²) in [6.07, 6.45) is 2.18. The van der Waals surface area contributed by atoms with E-state index in [9.17, 15) is 9.59 Å². The maximum Gasteiger partial charge on any atom is 0.240 e. The lowest BCUT2D eigenvalue weighted by molar-refractivity contribution is -0.138. The molecule has 1 atom stereocenters. The maximum absolute atomic E-state index is 13.0. The summed E-state index contributed by atoms with van der Waals surface area (Å²) in [4.78, 5) is 29.5. The van der Waals surface area contributed by atoms with Crippen LogP contribution in [0, 0.1) is 0 Å². The van der Waals surface area contributed by atoms with Crippen LogP contribution in [0.25, 0.3) is 0 Å². The predicted octanol–water partition coefficient (Wildman–Crippen LogP) is 2.36. The van der Waals surface area contributed by atoms with Crippen molar-refractivity contribution in [3.63, 3.8) is 0 Å². The van der Waals surface area contributed by atoms with E-state index < -0.39 is 6.04 Å². The summed E-state index contributed by atoms with van der Waals surface area (Å²) in [5, 5.41) is 3.24. The third kappa shape index (κ3) is 3.88. The molecule has 2 heterocycles. The van der Waals surface area contributed by atoms with Crippen molar-refractivity contribution >= 4 is 17.5 Å². The number of rotatable bonds is 4. The topological polar surface area (TPSA) is 52.7 Å². The third-order valence-electron chi connectivity index (χ3n) is 5.39. The van der Waals surface area contributed by atoms with Gasteiger partial charge in [0.2, 0.25) is 11.8 Å². The van der Waals surface area contributed by atoms with E-state index in [0.717, 1.165) is 30.6 Å². The molecule has 0 aliphatic carbocycles. The van der Waals surface area contributed by atoms with Crippen LogP contribution in [0.3, 0.4) is 0 Å². The van der Waals surface area contributed by atoms with Gasteiger partial charge in [-0.05, 0) is 30.0 Å². The lowest BCUT2D eigenvalue weighted by Gasteiger charge is -2.35. The average molecular weight is 363 g/mol. The van der Waals surface area contributed by atoms with Crippen molar-refractivity contribution in [2.45, 2.75) is 31.8 Å². The fourth-order valence-electron chi connectivity index (χ4n) is 3.99. The van der Waals surface area contributed by atoms with Crippen LogP contribution in [0.5, 0.6) is 0 Å². The van der Waals surface area contributed by atoms with Crippen molar-refractivity contribution in [1.29, 1.82) is 0 Å². The third-order valence-corrected chi connectivity index (χ3v) is 5.39. The van der Waals surface area contributed by atoms with Gasteiger partial charge in [0.25, 0.3) is 0 Å². The number of fused-ring (bicyclic) bond motifs is 1. The Bertz CT molecular complexity index is 821. The first-order valence-electron chi connectivity index (χ1n) is 9.67. The largest absolute Gasteiger partial charge is 0.336 e. The van der Waals surface area contributed by atoms with E-state index in [1.54, 1.807) is 0 Å². The number of aryl methyl sites for hydroxylation is 1. The number of amides is 2. The molecule has 1 N–H and O–H groups in total. The number of hydrogen-bond donors (Lipinski definition) is 1. The number of para-hydroxylation sites is 1. The van der Waals surface area contributed by atoms with Crippen LogP contribution in [-0.2, 0) is 22.6 Å². The Morgan fingerprint density at radius 2 is 1.81 bits per heavy atom. The molecule has 2 aliphatic heterocycles. The highest BCUT2D eigenvalue weighted by molar-refractivity contribution is 5.98. The van der Waals surface area contributed by atoms with Gasteiger partial charge in [0, 0.05) is 31.9 Å². The highest BCUT2D eigenvalue weighted by atomic mass is 16.2. The Morgan fingerprint density at radius 3 is 2.67 bits per heavy atom. The van der Waals surface area contributed by atoms with Gasteiger partial charge in [0.15, 0.2) is 0 Å². The lowest BCUT2D eigenvalue weighted by Crippen LogP contribution is -2.56. The second kappa shape index (κ2) is 7.92. The van der Waals surface area contributed by atoms with E-state index in [0.29, 0.717) is 19.6 Å². The average Bonchev–Trinajstić information content (AvgIpc) is 2.71. The van der Waals surface area contributed by atoms with E-state index in [1.165, 1.54) is 5.56 Å². The van der Waals surface area contributed by atoms with Gasteiger partial charge in [-0.3, -0.25) is 9.59 Å². The Balaban J connectivity index is 1.43. The molecule has 0 radical (unpaired) electrons. The second-order valence-corrected chi connectivity index (χ2v) is 7.23. The fraction of sp³-hybridized carbons (Fsp3) is 0.364. The van der Waals surface area contributed by atoms with Crippen LogP contribution in [0.4, 0.5) is 5.69 Å². The number of benzene rings is 2. The Labute approximate surface area is 160 Å². The van der Waals surface area contributed by atoms with Gasteiger partial charge in [-0.25, -0.2) is 0 Å². The SMILES string of the molecule is O=C1C(CC(=O)N2CCCc3ccccc32)NCCN1Cc1ccccc1. The summed E-state index contributed by atoms with van der Waals surface area (Å²) in [5.74, 6) is 0.0401. The summed E-state index contributed by atoms with van der Waals surface area (Å²) in [6, 6.07) is 17.6. The van der Waals surface area contributed by atoms with Crippen LogP contribution in [-0.4, -0.2) is 42.4 Å². The minimum absolute atomic E-state index is 0.0174. The van der Waals surface area contributed by atoms with Crippen LogP contribution in [0.15, 0.2) is 54.6 Å². The van der Waals surface area contributed by atoms with E-state index in [2.05, 4.69) is 11.4 Å². The summed E-state index contributed by atoms with van der Waals surface area (Å²) in [7, 11) is 0. The van der Waals surface area contributed by atoms with Crippen molar-refractivity contribution in [3.05, 3.63) is 65.7 Å². The van der Waals surface area contributed by atoms with E-state index >= 15 is 0 Å². The maximum atomic E-state index is 13.0. The van der Waals surface area contributed by atoms with E-state index in [-0.39, 0.29) is 18.2 Å².